The number of hydrogen-bond acceptors (Lipinski definition) is 2. The van der Waals surface area contributed by atoms with E-state index in [-0.39, 0.29) is 12.7 Å². The zero-order valence-corrected chi connectivity index (χ0v) is 13.6. The summed E-state index contributed by atoms with van der Waals surface area (Å²) in [5, 5.41) is 8.86. The monoisotopic (exact) mass is 284 g/mol. The predicted molar refractivity (Wildman–Crippen MR) is 86.1 cm³/mol. The lowest BCUT2D eigenvalue weighted by Crippen LogP contribution is -1.98. The Kier molecular flexibility index (Phi) is 11.4. The highest BCUT2D eigenvalue weighted by Crippen LogP contribution is 2.26. The van der Waals surface area contributed by atoms with E-state index in [1.807, 2.05) is 0 Å². The molecule has 2 unspecified atom stereocenters. The SMILES string of the molecule is CCCCCCCCCCCCCCCC1OC1CO. The van der Waals surface area contributed by atoms with Crippen LogP contribution in [-0.4, -0.2) is 23.9 Å². The second-order valence-corrected chi connectivity index (χ2v) is 6.43. The van der Waals surface area contributed by atoms with Crippen molar-refractivity contribution in [2.45, 2.75) is 109 Å². The van der Waals surface area contributed by atoms with E-state index in [9.17, 15) is 0 Å². The molecule has 1 N–H and O–H groups in total. The second kappa shape index (κ2) is 12.6. The molecule has 0 spiro atoms. The van der Waals surface area contributed by atoms with Gasteiger partial charge in [0.15, 0.2) is 0 Å². The van der Waals surface area contributed by atoms with Crippen LogP contribution in [-0.2, 0) is 4.74 Å². The average molecular weight is 284 g/mol. The molecule has 0 bridgehead atoms. The molecule has 0 aromatic rings. The van der Waals surface area contributed by atoms with Crippen molar-refractivity contribution in [1.82, 2.24) is 0 Å². The van der Waals surface area contributed by atoms with Gasteiger partial charge in [0.05, 0.1) is 12.7 Å². The molecule has 1 saturated heterocycles. The van der Waals surface area contributed by atoms with Gasteiger partial charge in [-0.1, -0.05) is 90.4 Å². The molecule has 0 aromatic heterocycles. The first kappa shape index (κ1) is 18.0. The molecule has 0 amide bonds. The van der Waals surface area contributed by atoms with Gasteiger partial charge in [-0.3, -0.25) is 0 Å². The van der Waals surface area contributed by atoms with Crippen LogP contribution in [0.2, 0.25) is 0 Å². The molecule has 2 atom stereocenters. The summed E-state index contributed by atoms with van der Waals surface area (Å²) in [4.78, 5) is 0. The van der Waals surface area contributed by atoms with Gasteiger partial charge < -0.3 is 9.84 Å². The largest absolute Gasteiger partial charge is 0.394 e. The summed E-state index contributed by atoms with van der Waals surface area (Å²) in [5.41, 5.74) is 0. The third-order valence-electron chi connectivity index (χ3n) is 4.46. The van der Waals surface area contributed by atoms with Crippen LogP contribution >= 0.6 is 0 Å². The third kappa shape index (κ3) is 9.77. The lowest BCUT2D eigenvalue weighted by molar-refractivity contribution is 0.241. The van der Waals surface area contributed by atoms with E-state index in [1.165, 1.54) is 83.5 Å². The van der Waals surface area contributed by atoms with E-state index in [1.54, 1.807) is 0 Å². The van der Waals surface area contributed by atoms with Crippen LogP contribution in [0.15, 0.2) is 0 Å². The number of ether oxygens (including phenoxy) is 1. The molecular weight excluding hydrogens is 248 g/mol. The first-order chi connectivity index (χ1) is 9.88. The smallest absolute Gasteiger partial charge is 0.107 e. The van der Waals surface area contributed by atoms with Crippen LogP contribution in [0.5, 0.6) is 0 Å². The maximum atomic E-state index is 8.86. The van der Waals surface area contributed by atoms with Crippen LogP contribution < -0.4 is 0 Å². The molecule has 1 fully saturated rings. The number of aliphatic hydroxyl groups excluding tert-OH is 1. The fraction of sp³-hybridized carbons (Fsp3) is 1.00. The Bertz CT molecular complexity index is 206. The molecule has 2 nitrogen and oxygen atoms in total. The molecule has 1 rings (SSSR count). The van der Waals surface area contributed by atoms with Crippen LogP contribution in [0, 0.1) is 0 Å². The number of epoxide rings is 1. The van der Waals surface area contributed by atoms with Crippen LogP contribution in [0.4, 0.5) is 0 Å². The number of aliphatic hydroxyl groups is 1. The summed E-state index contributed by atoms with van der Waals surface area (Å²) in [6.45, 7) is 2.49. The van der Waals surface area contributed by atoms with E-state index in [2.05, 4.69) is 6.92 Å². The Morgan fingerprint density at radius 2 is 1.10 bits per heavy atom. The first-order valence-corrected chi connectivity index (χ1v) is 9.14. The van der Waals surface area contributed by atoms with Gasteiger partial charge >= 0.3 is 0 Å². The average Bonchev–Trinajstić information content (AvgIpc) is 3.22. The molecule has 1 heterocycles. The Morgan fingerprint density at radius 1 is 0.650 bits per heavy atom. The molecule has 0 aromatic carbocycles. The zero-order chi connectivity index (χ0) is 14.5. The van der Waals surface area contributed by atoms with Gasteiger partial charge in [0.25, 0.3) is 0 Å². The van der Waals surface area contributed by atoms with Gasteiger partial charge in [-0.25, -0.2) is 0 Å². The van der Waals surface area contributed by atoms with Gasteiger partial charge in [0, 0.05) is 0 Å². The summed E-state index contributed by atoms with van der Waals surface area (Å²) < 4.78 is 5.32. The molecule has 20 heavy (non-hydrogen) atoms. The standard InChI is InChI=1S/C18H36O2/c1-2-3-4-5-6-7-8-9-10-11-12-13-14-15-17-18(16-19)20-17/h17-19H,2-16H2,1H3. The van der Waals surface area contributed by atoms with Gasteiger partial charge in [-0.05, 0) is 6.42 Å². The fourth-order valence-corrected chi connectivity index (χ4v) is 2.96. The number of rotatable bonds is 15. The minimum absolute atomic E-state index is 0.173. The Balaban J connectivity index is 1.65. The van der Waals surface area contributed by atoms with Crippen LogP contribution in [0.3, 0.4) is 0 Å². The van der Waals surface area contributed by atoms with Crippen molar-refractivity contribution in [3.8, 4) is 0 Å². The van der Waals surface area contributed by atoms with Crippen LogP contribution in [0.25, 0.3) is 0 Å². The fourth-order valence-electron chi connectivity index (χ4n) is 2.96. The Hall–Kier alpha value is -0.0800. The third-order valence-corrected chi connectivity index (χ3v) is 4.46. The van der Waals surface area contributed by atoms with Gasteiger partial charge in [0.1, 0.15) is 6.10 Å². The van der Waals surface area contributed by atoms with E-state index in [0.29, 0.717) is 6.10 Å². The van der Waals surface area contributed by atoms with Gasteiger partial charge in [-0.2, -0.15) is 0 Å². The number of hydrogen-bond donors (Lipinski definition) is 1. The lowest BCUT2D eigenvalue weighted by Gasteiger charge is -2.02. The minimum Gasteiger partial charge on any atom is -0.394 e. The van der Waals surface area contributed by atoms with Crippen molar-refractivity contribution in [2.75, 3.05) is 6.61 Å². The molecule has 0 aliphatic carbocycles. The Labute approximate surface area is 126 Å². The highest BCUT2D eigenvalue weighted by molar-refractivity contribution is 4.83. The van der Waals surface area contributed by atoms with Crippen molar-refractivity contribution >= 4 is 0 Å². The van der Waals surface area contributed by atoms with E-state index >= 15 is 0 Å². The lowest BCUT2D eigenvalue weighted by atomic mass is 10.0. The topological polar surface area (TPSA) is 32.8 Å². The van der Waals surface area contributed by atoms with Crippen LogP contribution in [0.1, 0.15) is 96.8 Å². The van der Waals surface area contributed by atoms with E-state index < -0.39 is 0 Å². The van der Waals surface area contributed by atoms with Crippen molar-refractivity contribution in [3.63, 3.8) is 0 Å². The van der Waals surface area contributed by atoms with Gasteiger partial charge in [-0.15, -0.1) is 0 Å². The van der Waals surface area contributed by atoms with Crippen molar-refractivity contribution in [1.29, 1.82) is 0 Å². The molecule has 1 aliphatic heterocycles. The second-order valence-electron chi connectivity index (χ2n) is 6.43. The van der Waals surface area contributed by atoms with Gasteiger partial charge in [0.2, 0.25) is 0 Å². The molecular formula is C18H36O2. The highest BCUT2D eigenvalue weighted by atomic mass is 16.6. The first-order valence-electron chi connectivity index (χ1n) is 9.14. The van der Waals surface area contributed by atoms with E-state index in [4.69, 9.17) is 9.84 Å². The maximum absolute atomic E-state index is 8.86. The maximum Gasteiger partial charge on any atom is 0.107 e. The minimum atomic E-state index is 0.173. The molecule has 0 saturated carbocycles. The zero-order valence-electron chi connectivity index (χ0n) is 13.6. The molecule has 1 aliphatic rings. The number of unbranched alkanes of at least 4 members (excludes halogenated alkanes) is 12. The van der Waals surface area contributed by atoms with Crippen molar-refractivity contribution in [3.05, 3.63) is 0 Å². The molecule has 2 heteroatoms. The summed E-state index contributed by atoms with van der Waals surface area (Å²) >= 11 is 0. The summed E-state index contributed by atoms with van der Waals surface area (Å²) in [5.74, 6) is 0. The quantitative estimate of drug-likeness (QED) is 0.330. The predicted octanol–water partition coefficient (Wildman–Crippen LogP) is 5.23. The van der Waals surface area contributed by atoms with Crippen molar-refractivity contribution < 1.29 is 9.84 Å². The summed E-state index contributed by atoms with van der Waals surface area (Å²) in [7, 11) is 0. The summed E-state index contributed by atoms with van der Waals surface area (Å²) in [6.07, 6.45) is 20.0. The molecule has 120 valence electrons. The highest BCUT2D eigenvalue weighted by Gasteiger charge is 2.36. The Morgan fingerprint density at radius 3 is 1.50 bits per heavy atom. The normalized spacial score (nSPS) is 21.3. The summed E-state index contributed by atoms with van der Waals surface area (Å²) in [6, 6.07) is 0. The van der Waals surface area contributed by atoms with E-state index in [0.717, 1.165) is 6.42 Å². The molecule has 0 radical (unpaired) electrons. The van der Waals surface area contributed by atoms with Crippen molar-refractivity contribution in [2.24, 2.45) is 0 Å².